The van der Waals surface area contributed by atoms with Crippen molar-refractivity contribution < 1.29 is 4.74 Å². The Kier molecular flexibility index (Phi) is 13.1. The van der Waals surface area contributed by atoms with Gasteiger partial charge in [0.15, 0.2) is 5.96 Å². The Morgan fingerprint density at radius 2 is 2.05 bits per heavy atom. The third-order valence-corrected chi connectivity index (χ3v) is 3.78. The van der Waals surface area contributed by atoms with Crippen LogP contribution in [0, 0.1) is 5.92 Å². The van der Waals surface area contributed by atoms with Crippen LogP contribution in [0.15, 0.2) is 22.5 Å². The first-order valence-electron chi connectivity index (χ1n) is 7.27. The first-order valence-corrected chi connectivity index (χ1v) is 8.15. The lowest BCUT2D eigenvalue weighted by molar-refractivity contribution is 0.128. The normalized spacial score (nSPS) is 11.3. The van der Waals surface area contributed by atoms with E-state index in [0.717, 1.165) is 45.1 Å². The Bertz CT molecular complexity index is 369. The maximum atomic E-state index is 5.56. The zero-order valence-electron chi connectivity index (χ0n) is 13.2. The highest BCUT2D eigenvalue weighted by molar-refractivity contribution is 14.0. The number of nitrogens with one attached hydrogen (secondary N) is 2. The van der Waals surface area contributed by atoms with Crippen LogP contribution >= 0.6 is 35.3 Å². The van der Waals surface area contributed by atoms with Crippen LogP contribution in [0.5, 0.6) is 0 Å². The fourth-order valence-corrected chi connectivity index (χ4v) is 2.35. The van der Waals surface area contributed by atoms with Crippen molar-refractivity contribution in [3.05, 3.63) is 22.4 Å². The summed E-state index contributed by atoms with van der Waals surface area (Å²) in [6.45, 7) is 7.66. The number of halogens is 1. The summed E-state index contributed by atoms with van der Waals surface area (Å²) in [6, 6.07) is 4.24. The number of guanidine groups is 1. The Morgan fingerprint density at radius 1 is 1.29 bits per heavy atom. The number of ether oxygens (including phenoxy) is 1. The summed E-state index contributed by atoms with van der Waals surface area (Å²) in [7, 11) is 1.79. The smallest absolute Gasteiger partial charge is 0.191 e. The predicted octanol–water partition coefficient (Wildman–Crippen LogP) is 3.14. The molecule has 0 radical (unpaired) electrons. The molecule has 0 aliphatic heterocycles. The van der Waals surface area contributed by atoms with Gasteiger partial charge in [-0.2, -0.15) is 0 Å². The number of rotatable bonds is 9. The molecule has 0 atom stereocenters. The Labute approximate surface area is 149 Å². The molecule has 1 rings (SSSR count). The van der Waals surface area contributed by atoms with Crippen molar-refractivity contribution >= 4 is 41.3 Å². The first-order chi connectivity index (χ1) is 9.72. The highest BCUT2D eigenvalue weighted by Gasteiger charge is 1.98. The first kappa shape index (κ1) is 20.7. The maximum Gasteiger partial charge on any atom is 0.191 e. The standard InChI is InChI=1S/C15H27N3OS.HI/c1-13(2)7-10-19-11-9-18-15(16-3)17-8-6-14-5-4-12-20-14;/h4-5,12-13H,6-11H2,1-3H3,(H2,16,17,18);1H. The molecule has 122 valence electrons. The van der Waals surface area contributed by atoms with Gasteiger partial charge in [-0.1, -0.05) is 19.9 Å². The molecule has 0 aromatic carbocycles. The molecule has 6 heteroatoms. The van der Waals surface area contributed by atoms with E-state index in [-0.39, 0.29) is 24.0 Å². The molecule has 0 fully saturated rings. The number of nitrogens with zero attached hydrogens (tertiary/aromatic N) is 1. The van der Waals surface area contributed by atoms with Crippen LogP contribution in [0.1, 0.15) is 25.1 Å². The van der Waals surface area contributed by atoms with Crippen LogP contribution in [0.2, 0.25) is 0 Å². The topological polar surface area (TPSA) is 45.7 Å². The maximum absolute atomic E-state index is 5.56. The van der Waals surface area contributed by atoms with E-state index < -0.39 is 0 Å². The van der Waals surface area contributed by atoms with E-state index in [1.54, 1.807) is 18.4 Å². The van der Waals surface area contributed by atoms with Crippen molar-refractivity contribution in [1.82, 2.24) is 10.6 Å². The highest BCUT2D eigenvalue weighted by atomic mass is 127. The minimum atomic E-state index is 0. The van der Waals surface area contributed by atoms with Gasteiger partial charge in [0, 0.05) is 31.6 Å². The summed E-state index contributed by atoms with van der Waals surface area (Å²) in [4.78, 5) is 5.59. The fraction of sp³-hybridized carbons (Fsp3) is 0.667. The largest absolute Gasteiger partial charge is 0.380 e. The van der Waals surface area contributed by atoms with Gasteiger partial charge in [-0.3, -0.25) is 4.99 Å². The summed E-state index contributed by atoms with van der Waals surface area (Å²) in [5.41, 5.74) is 0. The molecule has 0 aliphatic rings. The average Bonchev–Trinajstić information content (AvgIpc) is 2.93. The molecular weight excluding hydrogens is 397 g/mol. The van der Waals surface area contributed by atoms with Gasteiger partial charge in [0.1, 0.15) is 0 Å². The molecule has 0 unspecified atom stereocenters. The minimum absolute atomic E-state index is 0. The summed E-state index contributed by atoms with van der Waals surface area (Å²) in [5, 5.41) is 8.67. The number of thiophene rings is 1. The van der Waals surface area contributed by atoms with Crippen molar-refractivity contribution in [3.8, 4) is 0 Å². The second-order valence-electron chi connectivity index (χ2n) is 5.05. The zero-order chi connectivity index (χ0) is 14.6. The van der Waals surface area contributed by atoms with Crippen molar-refractivity contribution in [2.24, 2.45) is 10.9 Å². The van der Waals surface area contributed by atoms with Crippen molar-refractivity contribution in [3.63, 3.8) is 0 Å². The summed E-state index contributed by atoms with van der Waals surface area (Å²) < 4.78 is 5.56. The lowest BCUT2D eigenvalue weighted by atomic mass is 10.1. The van der Waals surface area contributed by atoms with Crippen LogP contribution in [-0.2, 0) is 11.2 Å². The van der Waals surface area contributed by atoms with Gasteiger partial charge >= 0.3 is 0 Å². The number of aliphatic imine (C=N–C) groups is 1. The van der Waals surface area contributed by atoms with Gasteiger partial charge in [-0.25, -0.2) is 0 Å². The second-order valence-corrected chi connectivity index (χ2v) is 6.08. The van der Waals surface area contributed by atoms with Crippen molar-refractivity contribution in [1.29, 1.82) is 0 Å². The Morgan fingerprint density at radius 3 is 2.67 bits per heavy atom. The Balaban J connectivity index is 0.00000400. The van der Waals surface area contributed by atoms with Gasteiger partial charge in [0.05, 0.1) is 6.61 Å². The molecule has 0 spiro atoms. The summed E-state index contributed by atoms with van der Waals surface area (Å²) >= 11 is 1.79. The summed E-state index contributed by atoms with van der Waals surface area (Å²) in [5.74, 6) is 1.55. The van der Waals surface area contributed by atoms with Crippen molar-refractivity contribution in [2.45, 2.75) is 26.7 Å². The van der Waals surface area contributed by atoms with E-state index in [0.29, 0.717) is 5.92 Å². The molecule has 4 nitrogen and oxygen atoms in total. The van der Waals surface area contributed by atoms with Gasteiger partial charge in [-0.15, -0.1) is 35.3 Å². The van der Waals surface area contributed by atoms with Gasteiger partial charge in [0.2, 0.25) is 0 Å². The third kappa shape index (κ3) is 11.0. The van der Waals surface area contributed by atoms with Gasteiger partial charge in [0.25, 0.3) is 0 Å². The number of hydrogen-bond donors (Lipinski definition) is 2. The van der Waals surface area contributed by atoms with Crippen LogP contribution in [0.4, 0.5) is 0 Å². The molecule has 1 aromatic rings. The second kappa shape index (κ2) is 13.3. The minimum Gasteiger partial charge on any atom is -0.380 e. The van der Waals surface area contributed by atoms with Gasteiger partial charge < -0.3 is 15.4 Å². The van der Waals surface area contributed by atoms with E-state index in [1.165, 1.54) is 4.88 Å². The van der Waals surface area contributed by atoms with Crippen LogP contribution in [0.25, 0.3) is 0 Å². The zero-order valence-corrected chi connectivity index (χ0v) is 16.4. The molecular formula is C15H28IN3OS. The van der Waals surface area contributed by atoms with Crippen molar-refractivity contribution in [2.75, 3.05) is 33.4 Å². The SMILES string of the molecule is CN=C(NCCOCCC(C)C)NCCc1cccs1.I. The fourth-order valence-electron chi connectivity index (χ4n) is 1.64. The molecule has 0 aliphatic carbocycles. The summed E-state index contributed by atoms with van der Waals surface area (Å²) in [6.07, 6.45) is 2.15. The molecule has 0 bridgehead atoms. The monoisotopic (exact) mass is 425 g/mol. The van der Waals surface area contributed by atoms with E-state index >= 15 is 0 Å². The number of hydrogen-bond acceptors (Lipinski definition) is 3. The average molecular weight is 425 g/mol. The predicted molar refractivity (Wildman–Crippen MR) is 103 cm³/mol. The quantitative estimate of drug-likeness (QED) is 0.277. The van der Waals surface area contributed by atoms with E-state index in [4.69, 9.17) is 4.74 Å². The van der Waals surface area contributed by atoms with Crippen LogP contribution in [-0.4, -0.2) is 39.3 Å². The third-order valence-electron chi connectivity index (χ3n) is 2.85. The molecule has 0 saturated heterocycles. The molecule has 0 amide bonds. The van der Waals surface area contributed by atoms with Crippen LogP contribution < -0.4 is 10.6 Å². The van der Waals surface area contributed by atoms with E-state index in [2.05, 4.69) is 47.0 Å². The lowest BCUT2D eigenvalue weighted by Gasteiger charge is -2.12. The highest BCUT2D eigenvalue weighted by Crippen LogP contribution is 2.07. The van der Waals surface area contributed by atoms with E-state index in [9.17, 15) is 0 Å². The van der Waals surface area contributed by atoms with Gasteiger partial charge in [-0.05, 0) is 30.2 Å². The molecule has 21 heavy (non-hydrogen) atoms. The molecule has 0 saturated carbocycles. The molecule has 1 aromatic heterocycles. The molecule has 2 N–H and O–H groups in total. The lowest BCUT2D eigenvalue weighted by Crippen LogP contribution is -2.39. The van der Waals surface area contributed by atoms with Crippen LogP contribution in [0.3, 0.4) is 0 Å². The van der Waals surface area contributed by atoms with E-state index in [1.807, 2.05) is 0 Å². The molecule has 1 heterocycles. The Hall–Kier alpha value is -0.340.